The number of rotatable bonds is 7. The number of aliphatic hydroxyl groups excluding tert-OH is 1. The molecule has 1 aromatic rings. The van der Waals surface area contributed by atoms with E-state index in [-0.39, 0.29) is 6.61 Å². The fourth-order valence-electron chi connectivity index (χ4n) is 2.33. The normalized spacial score (nSPS) is 15.1. The van der Waals surface area contributed by atoms with Gasteiger partial charge in [0.05, 0.1) is 0 Å². The summed E-state index contributed by atoms with van der Waals surface area (Å²) in [6.45, 7) is 2.10. The molecular weight excluding hydrogens is 240 g/mol. The van der Waals surface area contributed by atoms with E-state index in [4.69, 9.17) is 5.11 Å². The van der Waals surface area contributed by atoms with Crippen LogP contribution >= 0.6 is 0 Å². The molecule has 0 unspecified atom stereocenters. The van der Waals surface area contributed by atoms with Gasteiger partial charge in [-0.1, -0.05) is 6.42 Å². The molecule has 0 radical (unpaired) electrons. The first-order valence-corrected chi connectivity index (χ1v) is 7.06. The van der Waals surface area contributed by atoms with Gasteiger partial charge in [-0.2, -0.15) is 0 Å². The van der Waals surface area contributed by atoms with Crippen molar-refractivity contribution in [1.82, 2.24) is 9.97 Å². The van der Waals surface area contributed by atoms with Crippen LogP contribution < -0.4 is 9.80 Å². The molecule has 1 aromatic heterocycles. The maximum atomic E-state index is 8.87. The zero-order valence-corrected chi connectivity index (χ0v) is 11.9. The molecule has 0 aromatic carbocycles. The van der Waals surface area contributed by atoms with Crippen molar-refractivity contribution in [1.29, 1.82) is 0 Å². The molecule has 1 heterocycles. The van der Waals surface area contributed by atoms with E-state index < -0.39 is 0 Å². The zero-order valence-electron chi connectivity index (χ0n) is 11.9. The molecule has 2 rings (SSSR count). The first-order valence-electron chi connectivity index (χ1n) is 7.06. The SMILES string of the molecule is CN(CCCO)c1cc(N(C)CC2CCC2)ncn1. The van der Waals surface area contributed by atoms with Crippen molar-refractivity contribution in [3.8, 4) is 0 Å². The Hall–Kier alpha value is -1.36. The van der Waals surface area contributed by atoms with Crippen LogP contribution in [0.4, 0.5) is 11.6 Å². The third-order valence-electron chi connectivity index (χ3n) is 3.83. The van der Waals surface area contributed by atoms with E-state index in [0.717, 1.165) is 37.1 Å². The van der Waals surface area contributed by atoms with Crippen LogP contribution in [-0.2, 0) is 0 Å². The summed E-state index contributed by atoms with van der Waals surface area (Å²) >= 11 is 0. The van der Waals surface area contributed by atoms with E-state index >= 15 is 0 Å². The minimum atomic E-state index is 0.212. The highest BCUT2D eigenvalue weighted by Gasteiger charge is 2.20. The fraction of sp³-hybridized carbons (Fsp3) is 0.714. The maximum absolute atomic E-state index is 8.87. The Morgan fingerprint density at radius 1 is 1.21 bits per heavy atom. The van der Waals surface area contributed by atoms with Crippen LogP contribution in [0.25, 0.3) is 0 Å². The number of aliphatic hydroxyl groups is 1. The summed E-state index contributed by atoms with van der Waals surface area (Å²) in [4.78, 5) is 12.9. The predicted octanol–water partition coefficient (Wildman–Crippen LogP) is 1.53. The van der Waals surface area contributed by atoms with Gasteiger partial charge in [0, 0.05) is 39.9 Å². The second-order valence-corrected chi connectivity index (χ2v) is 5.41. The van der Waals surface area contributed by atoms with Crippen LogP contribution in [-0.4, -0.2) is 48.9 Å². The summed E-state index contributed by atoms with van der Waals surface area (Å²) in [7, 11) is 4.09. The highest BCUT2D eigenvalue weighted by atomic mass is 16.3. The van der Waals surface area contributed by atoms with Gasteiger partial charge >= 0.3 is 0 Å². The first kappa shape index (κ1) is 14.1. The van der Waals surface area contributed by atoms with Crippen LogP contribution in [0.5, 0.6) is 0 Å². The number of anilines is 2. The second-order valence-electron chi connectivity index (χ2n) is 5.41. The topological polar surface area (TPSA) is 52.5 Å². The Bertz CT molecular complexity index is 395. The summed E-state index contributed by atoms with van der Waals surface area (Å²) in [6.07, 6.45) is 6.44. The second kappa shape index (κ2) is 6.70. The van der Waals surface area contributed by atoms with Gasteiger partial charge in [-0.05, 0) is 25.2 Å². The molecule has 5 heteroatoms. The minimum absolute atomic E-state index is 0.212. The lowest BCUT2D eigenvalue weighted by Crippen LogP contribution is -2.30. The molecule has 0 bridgehead atoms. The van der Waals surface area contributed by atoms with Gasteiger partial charge in [0.25, 0.3) is 0 Å². The van der Waals surface area contributed by atoms with E-state index in [1.54, 1.807) is 6.33 Å². The van der Waals surface area contributed by atoms with Gasteiger partial charge in [-0.3, -0.25) is 0 Å². The quantitative estimate of drug-likeness (QED) is 0.809. The Balaban J connectivity index is 1.96. The van der Waals surface area contributed by atoms with Crippen molar-refractivity contribution in [2.24, 2.45) is 5.92 Å². The highest BCUT2D eigenvalue weighted by molar-refractivity contribution is 5.49. The predicted molar refractivity (Wildman–Crippen MR) is 77.6 cm³/mol. The zero-order chi connectivity index (χ0) is 13.7. The molecule has 0 amide bonds. The van der Waals surface area contributed by atoms with Crippen molar-refractivity contribution in [3.05, 3.63) is 12.4 Å². The van der Waals surface area contributed by atoms with E-state index in [9.17, 15) is 0 Å². The number of aromatic nitrogens is 2. The molecular formula is C14H24N4O. The average molecular weight is 264 g/mol. The Kier molecular flexibility index (Phi) is 4.96. The van der Waals surface area contributed by atoms with Gasteiger partial charge in [0.15, 0.2) is 0 Å². The molecule has 0 atom stereocenters. The van der Waals surface area contributed by atoms with Gasteiger partial charge in [0.2, 0.25) is 0 Å². The lowest BCUT2D eigenvalue weighted by Gasteiger charge is -2.31. The van der Waals surface area contributed by atoms with E-state index in [1.807, 2.05) is 13.1 Å². The Morgan fingerprint density at radius 2 is 1.89 bits per heavy atom. The molecule has 5 nitrogen and oxygen atoms in total. The maximum Gasteiger partial charge on any atom is 0.133 e. The van der Waals surface area contributed by atoms with Crippen LogP contribution in [0.1, 0.15) is 25.7 Å². The third kappa shape index (κ3) is 3.80. The molecule has 106 valence electrons. The van der Waals surface area contributed by atoms with Crippen LogP contribution in [0, 0.1) is 5.92 Å². The molecule has 1 fully saturated rings. The van der Waals surface area contributed by atoms with E-state index in [1.165, 1.54) is 19.3 Å². The summed E-state index contributed by atoms with van der Waals surface area (Å²) < 4.78 is 0. The molecule has 0 aliphatic heterocycles. The molecule has 1 N–H and O–H groups in total. The van der Waals surface area contributed by atoms with Crippen molar-refractivity contribution in [2.75, 3.05) is 43.6 Å². The Labute approximate surface area is 115 Å². The number of hydrogen-bond donors (Lipinski definition) is 1. The third-order valence-corrected chi connectivity index (χ3v) is 3.83. The first-order chi connectivity index (χ1) is 9.20. The fourth-order valence-corrected chi connectivity index (χ4v) is 2.33. The van der Waals surface area contributed by atoms with Gasteiger partial charge in [-0.15, -0.1) is 0 Å². The highest BCUT2D eigenvalue weighted by Crippen LogP contribution is 2.28. The summed E-state index contributed by atoms with van der Waals surface area (Å²) in [5.74, 6) is 2.72. The molecule has 1 aliphatic rings. The molecule has 1 saturated carbocycles. The van der Waals surface area contributed by atoms with Crippen LogP contribution in [0.3, 0.4) is 0 Å². The smallest absolute Gasteiger partial charge is 0.133 e. The van der Waals surface area contributed by atoms with Crippen molar-refractivity contribution in [2.45, 2.75) is 25.7 Å². The average Bonchev–Trinajstić information content (AvgIpc) is 2.40. The van der Waals surface area contributed by atoms with Crippen LogP contribution in [0.15, 0.2) is 12.4 Å². The monoisotopic (exact) mass is 264 g/mol. The number of nitrogens with zero attached hydrogens (tertiary/aromatic N) is 4. The molecule has 1 aliphatic carbocycles. The van der Waals surface area contributed by atoms with Crippen LogP contribution in [0.2, 0.25) is 0 Å². The van der Waals surface area contributed by atoms with Gasteiger partial charge in [-0.25, -0.2) is 9.97 Å². The lowest BCUT2D eigenvalue weighted by molar-refractivity contribution is 0.290. The van der Waals surface area contributed by atoms with Gasteiger partial charge < -0.3 is 14.9 Å². The van der Waals surface area contributed by atoms with Crippen molar-refractivity contribution >= 4 is 11.6 Å². The van der Waals surface area contributed by atoms with E-state index in [2.05, 4.69) is 26.8 Å². The lowest BCUT2D eigenvalue weighted by atomic mass is 9.85. The summed E-state index contributed by atoms with van der Waals surface area (Å²) in [6, 6.07) is 2.02. The number of hydrogen-bond acceptors (Lipinski definition) is 5. The summed E-state index contributed by atoms with van der Waals surface area (Å²) in [5, 5.41) is 8.87. The van der Waals surface area contributed by atoms with Crippen molar-refractivity contribution < 1.29 is 5.11 Å². The largest absolute Gasteiger partial charge is 0.396 e. The van der Waals surface area contributed by atoms with Gasteiger partial charge in [0.1, 0.15) is 18.0 Å². The Morgan fingerprint density at radius 3 is 2.47 bits per heavy atom. The summed E-state index contributed by atoms with van der Waals surface area (Å²) in [5.41, 5.74) is 0. The standard InChI is InChI=1S/C14H24N4O/c1-17(7-4-8-19)13-9-14(16-11-15-13)18(2)10-12-5-3-6-12/h9,11-12,19H,3-8,10H2,1-2H3. The molecule has 0 spiro atoms. The van der Waals surface area contributed by atoms with Crippen molar-refractivity contribution in [3.63, 3.8) is 0 Å². The molecule has 0 saturated heterocycles. The minimum Gasteiger partial charge on any atom is -0.396 e. The molecule has 19 heavy (non-hydrogen) atoms. The van der Waals surface area contributed by atoms with E-state index in [0.29, 0.717) is 0 Å².